The summed E-state index contributed by atoms with van der Waals surface area (Å²) in [5, 5.41) is 9.19. The summed E-state index contributed by atoms with van der Waals surface area (Å²) in [6.45, 7) is 3.31. The maximum atomic E-state index is 13.7. The minimum atomic E-state index is -0.930. The summed E-state index contributed by atoms with van der Waals surface area (Å²) >= 11 is 1.53. The number of carboxylic acid groups (broad SMARTS) is 1. The van der Waals surface area contributed by atoms with Crippen LogP contribution in [0.4, 0.5) is 4.39 Å². The maximum Gasteiger partial charge on any atom is 0.309 e. The molecular formula is C12H13FO2S. The molecule has 0 bridgehead atoms. The predicted octanol–water partition coefficient (Wildman–Crippen LogP) is 3.13. The van der Waals surface area contributed by atoms with E-state index in [1.165, 1.54) is 17.8 Å². The Hall–Kier alpha value is -1.03. The van der Waals surface area contributed by atoms with Crippen molar-refractivity contribution in [2.75, 3.05) is 5.75 Å². The topological polar surface area (TPSA) is 37.3 Å². The summed E-state index contributed by atoms with van der Waals surface area (Å²) in [6, 6.07) is 4.91. The summed E-state index contributed by atoms with van der Waals surface area (Å²) in [4.78, 5) is 12.1. The summed E-state index contributed by atoms with van der Waals surface area (Å²) < 4.78 is 13.7. The lowest BCUT2D eigenvalue weighted by Gasteiger charge is -2.27. The van der Waals surface area contributed by atoms with Crippen LogP contribution in [0.25, 0.3) is 0 Å². The van der Waals surface area contributed by atoms with Crippen molar-refractivity contribution in [3.8, 4) is 0 Å². The van der Waals surface area contributed by atoms with E-state index in [1.807, 2.05) is 6.07 Å². The molecule has 2 nitrogen and oxygen atoms in total. The van der Waals surface area contributed by atoms with Gasteiger partial charge in [0.15, 0.2) is 0 Å². The zero-order valence-electron chi connectivity index (χ0n) is 9.16. The van der Waals surface area contributed by atoms with Gasteiger partial charge in [-0.15, -0.1) is 11.8 Å². The molecule has 1 unspecified atom stereocenters. The van der Waals surface area contributed by atoms with Crippen LogP contribution >= 0.6 is 11.8 Å². The number of aliphatic carboxylic acids is 1. The van der Waals surface area contributed by atoms with E-state index in [0.717, 1.165) is 4.90 Å². The van der Waals surface area contributed by atoms with Crippen molar-refractivity contribution < 1.29 is 14.3 Å². The third-order valence-electron chi connectivity index (χ3n) is 3.19. The number of rotatable bonds is 2. The highest BCUT2D eigenvalue weighted by molar-refractivity contribution is 7.99. The van der Waals surface area contributed by atoms with Gasteiger partial charge in [-0.1, -0.05) is 6.07 Å². The van der Waals surface area contributed by atoms with Crippen molar-refractivity contribution in [3.05, 3.63) is 29.6 Å². The monoisotopic (exact) mass is 240 g/mol. The number of carboxylic acids is 1. The Balaban J connectivity index is 2.48. The van der Waals surface area contributed by atoms with E-state index in [9.17, 15) is 14.3 Å². The zero-order valence-corrected chi connectivity index (χ0v) is 9.97. The minimum Gasteiger partial charge on any atom is -0.481 e. The number of carbonyl (C=O) groups is 1. The van der Waals surface area contributed by atoms with Crippen molar-refractivity contribution in [2.24, 2.45) is 5.41 Å². The van der Waals surface area contributed by atoms with Gasteiger partial charge >= 0.3 is 5.97 Å². The zero-order chi connectivity index (χ0) is 11.9. The molecule has 16 heavy (non-hydrogen) atoms. The largest absolute Gasteiger partial charge is 0.481 e. The third-order valence-corrected chi connectivity index (χ3v) is 4.36. The van der Waals surface area contributed by atoms with Crippen LogP contribution in [-0.2, 0) is 4.79 Å². The van der Waals surface area contributed by atoms with Crippen LogP contribution in [0.15, 0.2) is 23.1 Å². The van der Waals surface area contributed by atoms with Crippen LogP contribution in [0.5, 0.6) is 0 Å². The Labute approximate surface area is 97.9 Å². The highest BCUT2D eigenvalue weighted by atomic mass is 32.2. The molecule has 1 aliphatic rings. The number of fused-ring (bicyclic) bond motifs is 1. The Morgan fingerprint density at radius 3 is 2.88 bits per heavy atom. The number of hydrogen-bond donors (Lipinski definition) is 1. The molecule has 0 amide bonds. The number of benzene rings is 1. The number of halogens is 1. The smallest absolute Gasteiger partial charge is 0.309 e. The van der Waals surface area contributed by atoms with Crippen LogP contribution < -0.4 is 0 Å². The van der Waals surface area contributed by atoms with E-state index in [-0.39, 0.29) is 11.7 Å². The molecule has 2 rings (SSSR count). The summed E-state index contributed by atoms with van der Waals surface area (Å²) in [5.74, 6) is -0.794. The molecule has 1 aromatic rings. The first-order valence-corrected chi connectivity index (χ1v) is 6.07. The first-order chi connectivity index (χ1) is 7.44. The van der Waals surface area contributed by atoms with E-state index in [0.29, 0.717) is 11.3 Å². The average Bonchev–Trinajstić information content (AvgIpc) is 2.63. The Morgan fingerprint density at radius 2 is 2.25 bits per heavy atom. The van der Waals surface area contributed by atoms with Gasteiger partial charge in [-0.25, -0.2) is 4.39 Å². The predicted molar refractivity (Wildman–Crippen MR) is 61.3 cm³/mol. The molecule has 0 fully saturated rings. The Bertz CT molecular complexity index is 443. The summed E-state index contributed by atoms with van der Waals surface area (Å²) in [7, 11) is 0. The van der Waals surface area contributed by atoms with Crippen molar-refractivity contribution in [1.82, 2.24) is 0 Å². The second-order valence-electron chi connectivity index (χ2n) is 4.54. The molecule has 0 aliphatic carbocycles. The second-order valence-corrected chi connectivity index (χ2v) is 5.60. The molecule has 0 radical (unpaired) electrons. The van der Waals surface area contributed by atoms with Gasteiger partial charge in [0.05, 0.1) is 5.41 Å². The summed E-state index contributed by atoms with van der Waals surface area (Å²) in [6.07, 6.45) is 0. The molecule has 1 heterocycles. The SMILES string of the molecule is CC(C)(C(=O)O)C1CSc2cccc(F)c21. The second kappa shape index (κ2) is 3.77. The molecule has 0 saturated heterocycles. The van der Waals surface area contributed by atoms with Crippen LogP contribution in [0.2, 0.25) is 0 Å². The van der Waals surface area contributed by atoms with Gasteiger partial charge < -0.3 is 5.11 Å². The molecule has 0 aromatic heterocycles. The number of hydrogen-bond acceptors (Lipinski definition) is 2. The number of thioether (sulfide) groups is 1. The van der Waals surface area contributed by atoms with Crippen molar-refractivity contribution in [2.45, 2.75) is 24.7 Å². The Morgan fingerprint density at radius 1 is 1.56 bits per heavy atom. The highest BCUT2D eigenvalue weighted by Gasteiger charge is 2.42. The standard InChI is InChI=1S/C12H13FO2S/c1-12(2,11(14)15)7-6-16-9-5-3-4-8(13)10(7)9/h3-5,7H,6H2,1-2H3,(H,14,15). The molecule has 0 saturated carbocycles. The van der Waals surface area contributed by atoms with E-state index in [1.54, 1.807) is 19.9 Å². The first kappa shape index (κ1) is 11.5. The lowest BCUT2D eigenvalue weighted by atomic mass is 9.76. The fourth-order valence-corrected chi connectivity index (χ4v) is 3.46. The Kier molecular flexibility index (Phi) is 2.70. The quantitative estimate of drug-likeness (QED) is 0.863. The van der Waals surface area contributed by atoms with Crippen molar-refractivity contribution in [3.63, 3.8) is 0 Å². The molecule has 86 valence electrons. The van der Waals surface area contributed by atoms with Gasteiger partial charge in [-0.3, -0.25) is 4.79 Å². The van der Waals surface area contributed by atoms with E-state index in [2.05, 4.69) is 0 Å². The fraction of sp³-hybridized carbons (Fsp3) is 0.417. The van der Waals surface area contributed by atoms with Gasteiger partial charge in [0.1, 0.15) is 5.82 Å². The van der Waals surface area contributed by atoms with Gasteiger partial charge in [-0.05, 0) is 26.0 Å². The lowest BCUT2D eigenvalue weighted by Crippen LogP contribution is -2.31. The maximum absolute atomic E-state index is 13.7. The third kappa shape index (κ3) is 1.61. The molecule has 1 atom stereocenters. The summed E-state index contributed by atoms with van der Waals surface area (Å²) in [5.41, 5.74) is -0.361. The van der Waals surface area contributed by atoms with E-state index >= 15 is 0 Å². The molecule has 1 aromatic carbocycles. The van der Waals surface area contributed by atoms with Gasteiger partial charge in [-0.2, -0.15) is 0 Å². The van der Waals surface area contributed by atoms with Crippen molar-refractivity contribution in [1.29, 1.82) is 0 Å². The van der Waals surface area contributed by atoms with Crippen LogP contribution in [0.3, 0.4) is 0 Å². The van der Waals surface area contributed by atoms with Crippen LogP contribution in [0.1, 0.15) is 25.3 Å². The average molecular weight is 240 g/mol. The molecule has 1 N–H and O–H groups in total. The molecule has 0 spiro atoms. The van der Waals surface area contributed by atoms with Gasteiger partial charge in [0.25, 0.3) is 0 Å². The molecule has 1 aliphatic heterocycles. The lowest BCUT2D eigenvalue weighted by molar-refractivity contribution is -0.147. The minimum absolute atomic E-state index is 0.258. The van der Waals surface area contributed by atoms with Gasteiger partial charge in [0, 0.05) is 22.1 Å². The highest BCUT2D eigenvalue weighted by Crippen LogP contribution is 2.49. The molecular weight excluding hydrogens is 227 g/mol. The first-order valence-electron chi connectivity index (χ1n) is 5.09. The van der Waals surface area contributed by atoms with Crippen LogP contribution in [-0.4, -0.2) is 16.8 Å². The molecule has 4 heteroatoms. The fourth-order valence-electron chi connectivity index (χ4n) is 1.96. The van der Waals surface area contributed by atoms with Gasteiger partial charge in [0.2, 0.25) is 0 Å². The van der Waals surface area contributed by atoms with E-state index < -0.39 is 11.4 Å². The van der Waals surface area contributed by atoms with Crippen molar-refractivity contribution >= 4 is 17.7 Å². The van der Waals surface area contributed by atoms with E-state index in [4.69, 9.17) is 0 Å². The normalized spacial score (nSPS) is 19.6. The van der Waals surface area contributed by atoms with Crippen LogP contribution in [0, 0.1) is 11.2 Å².